The van der Waals surface area contributed by atoms with E-state index >= 15 is 0 Å². The van der Waals surface area contributed by atoms with Gasteiger partial charge >= 0.3 is 0 Å². The fraction of sp³-hybridized carbons (Fsp3) is 0.133. The Bertz CT molecular complexity index is 634. The third-order valence-corrected chi connectivity index (χ3v) is 3.74. The molecule has 0 atom stereocenters. The monoisotopic (exact) mass is 303 g/mol. The molecular weight excluding hydrogens is 293 g/mol. The van der Waals surface area contributed by atoms with E-state index in [1.54, 1.807) is 12.3 Å². The molecule has 0 spiro atoms. The van der Waals surface area contributed by atoms with Gasteiger partial charge in [-0.1, -0.05) is 28.1 Å². The summed E-state index contributed by atoms with van der Waals surface area (Å²) in [5, 5.41) is 0. The van der Waals surface area contributed by atoms with E-state index in [2.05, 4.69) is 27.0 Å². The zero-order chi connectivity index (χ0) is 12.5. The quantitative estimate of drug-likeness (QED) is 0.714. The Hall–Kier alpha value is -1.48. The van der Waals surface area contributed by atoms with Gasteiger partial charge in [-0.15, -0.1) is 0 Å². The molecule has 1 aliphatic rings. The lowest BCUT2D eigenvalue weighted by Crippen LogP contribution is -1.94. The van der Waals surface area contributed by atoms with Crippen molar-refractivity contribution in [2.45, 2.75) is 12.8 Å². The van der Waals surface area contributed by atoms with Crippen LogP contribution in [0.2, 0.25) is 0 Å². The molecule has 1 nitrogen and oxygen atoms in total. The minimum atomic E-state index is -0.179. The van der Waals surface area contributed by atoms with Crippen LogP contribution in [0.3, 0.4) is 0 Å². The van der Waals surface area contributed by atoms with Gasteiger partial charge in [-0.25, -0.2) is 4.39 Å². The van der Waals surface area contributed by atoms with E-state index in [9.17, 15) is 4.39 Å². The Morgan fingerprint density at radius 3 is 2.89 bits per heavy atom. The summed E-state index contributed by atoms with van der Waals surface area (Å²) < 4.78 is 13.3. The van der Waals surface area contributed by atoms with Crippen LogP contribution in [0.5, 0.6) is 0 Å². The van der Waals surface area contributed by atoms with Crippen molar-refractivity contribution in [3.8, 4) is 0 Å². The zero-order valence-electron chi connectivity index (χ0n) is 9.66. The first-order valence-corrected chi connectivity index (χ1v) is 6.74. The maximum absolute atomic E-state index is 13.3. The Balaban J connectivity index is 2.25. The van der Waals surface area contributed by atoms with Gasteiger partial charge < -0.3 is 0 Å². The van der Waals surface area contributed by atoms with Crippen LogP contribution in [0, 0.1) is 5.82 Å². The third kappa shape index (κ3) is 1.89. The first-order chi connectivity index (χ1) is 8.79. The van der Waals surface area contributed by atoms with Crippen molar-refractivity contribution in [1.29, 1.82) is 0 Å². The van der Waals surface area contributed by atoms with Crippen molar-refractivity contribution in [3.05, 3.63) is 69.7 Å². The topological polar surface area (TPSA) is 12.9 Å². The summed E-state index contributed by atoms with van der Waals surface area (Å²) >= 11 is 3.42. The van der Waals surface area contributed by atoms with Gasteiger partial charge in [0, 0.05) is 17.5 Å². The summed E-state index contributed by atoms with van der Waals surface area (Å²) in [5.41, 5.74) is 5.39. The minimum Gasteiger partial charge on any atom is -0.261 e. The fourth-order valence-corrected chi connectivity index (χ4v) is 2.92. The number of aryl methyl sites for hydroxylation is 2. The number of benzene rings is 1. The molecule has 90 valence electrons. The molecule has 3 rings (SSSR count). The number of fused-ring (bicyclic) bond motifs is 2. The van der Waals surface area contributed by atoms with Crippen molar-refractivity contribution < 1.29 is 4.39 Å². The number of hydrogen-bond donors (Lipinski definition) is 0. The predicted octanol–water partition coefficient (Wildman–Crippen LogP) is 4.10. The Morgan fingerprint density at radius 2 is 2.06 bits per heavy atom. The molecule has 3 heteroatoms. The Kier molecular flexibility index (Phi) is 3.00. The van der Waals surface area contributed by atoms with Crippen LogP contribution < -0.4 is 0 Å². The van der Waals surface area contributed by atoms with E-state index in [0.717, 1.165) is 40.8 Å². The molecule has 1 heterocycles. The van der Waals surface area contributed by atoms with Crippen LogP contribution in [-0.4, -0.2) is 4.98 Å². The number of halogens is 2. The molecule has 0 saturated heterocycles. The van der Waals surface area contributed by atoms with E-state index < -0.39 is 0 Å². The molecular formula is C15H11BrFN. The van der Waals surface area contributed by atoms with Crippen LogP contribution >= 0.6 is 15.9 Å². The maximum atomic E-state index is 13.3. The smallest absolute Gasteiger partial charge is 0.123 e. The van der Waals surface area contributed by atoms with Gasteiger partial charge in [0.05, 0.1) is 0 Å². The number of pyridine rings is 1. The zero-order valence-corrected chi connectivity index (χ0v) is 11.2. The second kappa shape index (κ2) is 4.65. The Morgan fingerprint density at radius 1 is 1.17 bits per heavy atom. The van der Waals surface area contributed by atoms with Gasteiger partial charge in [-0.3, -0.25) is 4.98 Å². The van der Waals surface area contributed by atoms with Crippen LogP contribution in [0.25, 0.3) is 5.57 Å². The highest BCUT2D eigenvalue weighted by atomic mass is 79.9. The van der Waals surface area contributed by atoms with Gasteiger partial charge in [0.25, 0.3) is 0 Å². The predicted molar refractivity (Wildman–Crippen MR) is 74.1 cm³/mol. The largest absolute Gasteiger partial charge is 0.261 e. The van der Waals surface area contributed by atoms with E-state index in [1.807, 2.05) is 17.1 Å². The van der Waals surface area contributed by atoms with Crippen molar-refractivity contribution in [1.82, 2.24) is 4.98 Å². The molecule has 18 heavy (non-hydrogen) atoms. The molecule has 1 aliphatic carbocycles. The van der Waals surface area contributed by atoms with Crippen LogP contribution in [0.4, 0.5) is 4.39 Å². The highest BCUT2D eigenvalue weighted by molar-refractivity contribution is 9.11. The average molecular weight is 304 g/mol. The van der Waals surface area contributed by atoms with E-state index in [4.69, 9.17) is 0 Å². The molecule has 0 amide bonds. The van der Waals surface area contributed by atoms with Gasteiger partial charge in [0.1, 0.15) is 5.82 Å². The molecule has 1 aromatic heterocycles. The van der Waals surface area contributed by atoms with Crippen LogP contribution in [-0.2, 0) is 12.8 Å². The average Bonchev–Trinajstić information content (AvgIpc) is 2.55. The number of rotatable bonds is 0. The Labute approximate surface area is 114 Å². The summed E-state index contributed by atoms with van der Waals surface area (Å²) in [6.45, 7) is 0. The molecule has 0 aliphatic heterocycles. The van der Waals surface area contributed by atoms with Crippen LogP contribution in [0.1, 0.15) is 22.4 Å². The first-order valence-electron chi connectivity index (χ1n) is 5.83. The van der Waals surface area contributed by atoms with Crippen molar-refractivity contribution in [2.24, 2.45) is 0 Å². The highest BCUT2D eigenvalue weighted by Gasteiger charge is 2.18. The fourth-order valence-electron chi connectivity index (χ4n) is 2.43. The summed E-state index contributed by atoms with van der Waals surface area (Å²) in [6.07, 6.45) is 3.47. The molecule has 0 fully saturated rings. The van der Waals surface area contributed by atoms with Crippen molar-refractivity contribution in [3.63, 3.8) is 0 Å². The normalized spacial score (nSPS) is 16.0. The number of hydrogen-bond acceptors (Lipinski definition) is 1. The lowest BCUT2D eigenvalue weighted by Gasteiger charge is -2.09. The van der Waals surface area contributed by atoms with Gasteiger partial charge in [-0.05, 0) is 52.7 Å². The molecule has 1 aromatic carbocycles. The van der Waals surface area contributed by atoms with Gasteiger partial charge in [0.15, 0.2) is 0 Å². The van der Waals surface area contributed by atoms with Crippen molar-refractivity contribution >= 4 is 21.5 Å². The standard InChI is InChI=1S/C15H11BrFN/c16-9-14-12-5-4-11(17)8-10(12)3-6-15-13(14)2-1-7-18-15/h1-2,4-5,7-9H,3,6H2/b14-9-. The number of aromatic nitrogens is 1. The lowest BCUT2D eigenvalue weighted by atomic mass is 9.97. The summed E-state index contributed by atoms with van der Waals surface area (Å²) in [5.74, 6) is -0.179. The maximum Gasteiger partial charge on any atom is 0.123 e. The second-order valence-electron chi connectivity index (χ2n) is 4.32. The highest BCUT2D eigenvalue weighted by Crippen LogP contribution is 2.33. The van der Waals surface area contributed by atoms with E-state index in [-0.39, 0.29) is 5.82 Å². The first kappa shape index (κ1) is 11.6. The molecule has 0 N–H and O–H groups in total. The molecule has 0 saturated carbocycles. The molecule has 0 radical (unpaired) electrons. The summed E-state index contributed by atoms with van der Waals surface area (Å²) in [7, 11) is 0. The van der Waals surface area contributed by atoms with Crippen LogP contribution in [0.15, 0.2) is 41.5 Å². The van der Waals surface area contributed by atoms with Gasteiger partial charge in [0.2, 0.25) is 0 Å². The van der Waals surface area contributed by atoms with Crippen molar-refractivity contribution in [2.75, 3.05) is 0 Å². The third-order valence-electron chi connectivity index (χ3n) is 3.28. The SMILES string of the molecule is Fc1ccc2c(c1)CCc1ncccc1/C2=C\Br. The van der Waals surface area contributed by atoms with Gasteiger partial charge in [-0.2, -0.15) is 0 Å². The van der Waals surface area contributed by atoms with E-state index in [1.165, 1.54) is 6.07 Å². The molecule has 0 bridgehead atoms. The van der Waals surface area contributed by atoms with E-state index in [0.29, 0.717) is 0 Å². The lowest BCUT2D eigenvalue weighted by molar-refractivity contribution is 0.625. The summed E-state index contributed by atoms with van der Waals surface area (Å²) in [4.78, 5) is 6.33. The molecule has 2 aromatic rings. The second-order valence-corrected chi connectivity index (χ2v) is 4.78. The minimum absolute atomic E-state index is 0.179. The summed E-state index contributed by atoms with van der Waals surface area (Å²) in [6, 6.07) is 8.98. The number of nitrogens with zero attached hydrogens (tertiary/aromatic N) is 1. The molecule has 0 unspecified atom stereocenters.